The van der Waals surface area contributed by atoms with Crippen LogP contribution in [0.1, 0.15) is 46.5 Å². The number of rotatable bonds is 10. The smallest absolute Gasteiger partial charge is 0.201 e. The molecule has 0 amide bonds. The molecule has 5 rings (SSSR count). The fourth-order valence-corrected chi connectivity index (χ4v) is 5.75. The third-order valence-corrected chi connectivity index (χ3v) is 7.41. The molecule has 0 aromatic rings. The highest BCUT2D eigenvalue weighted by Gasteiger charge is 2.69. The number of fused-ring (bicyclic) bond motifs is 2. The van der Waals surface area contributed by atoms with Gasteiger partial charge in [-0.25, -0.2) is 9.78 Å². The zero-order chi connectivity index (χ0) is 21.2. The second-order valence-corrected chi connectivity index (χ2v) is 9.36. The van der Waals surface area contributed by atoms with Crippen molar-refractivity contribution in [2.75, 3.05) is 46.8 Å². The minimum Gasteiger partial charge on any atom is -0.382 e. The van der Waals surface area contributed by atoms with E-state index in [1.165, 1.54) is 6.42 Å². The van der Waals surface area contributed by atoms with Crippen molar-refractivity contribution in [3.63, 3.8) is 0 Å². The highest BCUT2D eigenvalue weighted by atomic mass is 17.3. The van der Waals surface area contributed by atoms with Crippen LogP contribution >= 0.6 is 0 Å². The molecule has 8 atom stereocenters. The first kappa shape index (κ1) is 22.9. The Morgan fingerprint density at radius 3 is 2.37 bits per heavy atom. The van der Waals surface area contributed by atoms with Crippen LogP contribution in [-0.2, 0) is 38.2 Å². The van der Waals surface area contributed by atoms with Crippen molar-refractivity contribution in [2.45, 2.75) is 70.4 Å². The number of hydrogen-bond donors (Lipinski definition) is 0. The highest BCUT2D eigenvalue weighted by molar-refractivity contribution is 5.09. The fourth-order valence-electron chi connectivity index (χ4n) is 5.75. The van der Waals surface area contributed by atoms with Gasteiger partial charge in [-0.15, -0.1) is 0 Å². The van der Waals surface area contributed by atoms with Gasteiger partial charge in [0.05, 0.1) is 39.6 Å². The van der Waals surface area contributed by atoms with Gasteiger partial charge in [0.1, 0.15) is 0 Å². The van der Waals surface area contributed by atoms with Crippen LogP contribution in [0.5, 0.6) is 0 Å². The molecule has 30 heavy (non-hydrogen) atoms. The van der Waals surface area contributed by atoms with Gasteiger partial charge in [0.25, 0.3) is 0 Å². The second kappa shape index (κ2) is 9.67. The Hall–Kier alpha value is -0.320. The lowest BCUT2D eigenvalue weighted by molar-refractivity contribution is -0.577. The molecule has 0 radical (unpaired) electrons. The van der Waals surface area contributed by atoms with Crippen LogP contribution in [0.25, 0.3) is 0 Å². The summed E-state index contributed by atoms with van der Waals surface area (Å²) in [6.07, 6.45) is 3.30. The quantitative estimate of drug-likeness (QED) is 0.387. The maximum absolute atomic E-state index is 6.39. The van der Waals surface area contributed by atoms with E-state index in [0.29, 0.717) is 51.5 Å². The van der Waals surface area contributed by atoms with Crippen molar-refractivity contribution in [3.05, 3.63) is 0 Å². The minimum atomic E-state index is -0.755. The summed E-state index contributed by atoms with van der Waals surface area (Å²) in [5, 5.41) is 0. The van der Waals surface area contributed by atoms with Gasteiger partial charge in [-0.2, -0.15) is 0 Å². The Morgan fingerprint density at radius 1 is 0.867 bits per heavy atom. The summed E-state index contributed by atoms with van der Waals surface area (Å²) in [5.41, 5.74) is -0.539. The molecule has 8 heteroatoms. The van der Waals surface area contributed by atoms with E-state index in [1.54, 1.807) is 7.11 Å². The van der Waals surface area contributed by atoms with Crippen molar-refractivity contribution in [1.82, 2.24) is 0 Å². The van der Waals surface area contributed by atoms with Crippen molar-refractivity contribution in [1.29, 1.82) is 0 Å². The van der Waals surface area contributed by atoms with E-state index in [0.717, 1.165) is 19.3 Å². The van der Waals surface area contributed by atoms with E-state index >= 15 is 0 Å². The van der Waals surface area contributed by atoms with E-state index in [9.17, 15) is 0 Å². The van der Waals surface area contributed by atoms with Crippen LogP contribution < -0.4 is 0 Å². The monoisotopic (exact) mass is 430 g/mol. The molecule has 0 unspecified atom stereocenters. The van der Waals surface area contributed by atoms with Crippen LogP contribution in [0.15, 0.2) is 0 Å². The van der Waals surface area contributed by atoms with Crippen LogP contribution in [-0.4, -0.2) is 70.7 Å². The molecule has 5 fully saturated rings. The number of ether oxygens (including phenoxy) is 6. The van der Waals surface area contributed by atoms with Gasteiger partial charge < -0.3 is 28.4 Å². The summed E-state index contributed by atoms with van der Waals surface area (Å²) in [7, 11) is 1.66. The second-order valence-electron chi connectivity index (χ2n) is 9.36. The van der Waals surface area contributed by atoms with Gasteiger partial charge in [0.2, 0.25) is 5.79 Å². The molecular formula is C22H38O8. The molecule has 4 aliphatic heterocycles. The maximum atomic E-state index is 6.39. The maximum Gasteiger partial charge on any atom is 0.201 e. The lowest BCUT2D eigenvalue weighted by Gasteiger charge is -2.60. The fraction of sp³-hybridized carbons (Fsp3) is 1.00. The van der Waals surface area contributed by atoms with Gasteiger partial charge in [0.15, 0.2) is 18.2 Å². The Morgan fingerprint density at radius 2 is 1.60 bits per heavy atom. The van der Waals surface area contributed by atoms with Gasteiger partial charge in [-0.3, -0.25) is 0 Å². The first-order valence-corrected chi connectivity index (χ1v) is 11.5. The summed E-state index contributed by atoms with van der Waals surface area (Å²) >= 11 is 0. The summed E-state index contributed by atoms with van der Waals surface area (Å²) in [6, 6.07) is 0. The van der Waals surface area contributed by atoms with Gasteiger partial charge in [-0.05, 0) is 38.0 Å². The van der Waals surface area contributed by atoms with E-state index in [-0.39, 0.29) is 18.1 Å². The van der Waals surface area contributed by atoms with Gasteiger partial charge in [-0.1, -0.05) is 13.8 Å². The van der Waals surface area contributed by atoms with E-state index in [2.05, 4.69) is 13.8 Å². The largest absolute Gasteiger partial charge is 0.382 e. The zero-order valence-corrected chi connectivity index (χ0v) is 18.8. The van der Waals surface area contributed by atoms with Crippen LogP contribution in [0.4, 0.5) is 0 Å². The molecule has 174 valence electrons. The zero-order valence-electron chi connectivity index (χ0n) is 18.8. The normalized spacial score (nSPS) is 45.2. The molecule has 0 N–H and O–H groups in total. The molecule has 1 saturated carbocycles. The Balaban J connectivity index is 1.32. The third kappa shape index (κ3) is 4.30. The third-order valence-electron chi connectivity index (χ3n) is 7.41. The molecule has 8 nitrogen and oxygen atoms in total. The lowest BCUT2D eigenvalue weighted by Crippen LogP contribution is -2.70. The van der Waals surface area contributed by atoms with Crippen LogP contribution in [0, 0.1) is 23.7 Å². The molecule has 1 aliphatic carbocycles. The Labute approximate surface area is 179 Å². The Bertz CT molecular complexity index is 561. The lowest BCUT2D eigenvalue weighted by atomic mass is 9.58. The molecule has 4 heterocycles. The minimum absolute atomic E-state index is 0.184. The average Bonchev–Trinajstić information content (AvgIpc) is 2.96. The molecule has 1 spiro atoms. The molecule has 0 aromatic heterocycles. The van der Waals surface area contributed by atoms with Crippen LogP contribution in [0.3, 0.4) is 0 Å². The van der Waals surface area contributed by atoms with Crippen LogP contribution in [0.2, 0.25) is 0 Å². The van der Waals surface area contributed by atoms with Gasteiger partial charge >= 0.3 is 0 Å². The number of methoxy groups -OCH3 is 1. The van der Waals surface area contributed by atoms with E-state index < -0.39 is 17.7 Å². The summed E-state index contributed by atoms with van der Waals surface area (Å²) in [4.78, 5) is 12.0. The van der Waals surface area contributed by atoms with Crippen molar-refractivity contribution < 1.29 is 38.2 Å². The molecule has 0 aromatic carbocycles. The molecule has 5 aliphatic rings. The Kier molecular flexibility index (Phi) is 7.37. The standard InChI is InChI=1S/C22H38O8/c1-15-5-6-18-16(2)19(26-14-13-25-12-11-24-10-9-23-4)27-20-22(18)17(15)7-8-21(3,28-20)29-30-22/h15-20H,5-14H2,1-4H3/t15-,16-,17+,18+,19+,20-,21+,22-/m1/s1. The predicted octanol–water partition coefficient (Wildman–Crippen LogP) is 2.89. The molecular weight excluding hydrogens is 392 g/mol. The van der Waals surface area contributed by atoms with Crippen molar-refractivity contribution in [3.8, 4) is 0 Å². The topological polar surface area (TPSA) is 73.8 Å². The summed E-state index contributed by atoms with van der Waals surface area (Å²) < 4.78 is 34.8. The first-order valence-electron chi connectivity index (χ1n) is 11.5. The molecule has 2 bridgehead atoms. The summed E-state index contributed by atoms with van der Waals surface area (Å²) in [6.45, 7) is 9.69. The highest BCUT2D eigenvalue weighted by Crippen LogP contribution is 2.60. The molecule has 4 saturated heterocycles. The van der Waals surface area contributed by atoms with Crippen molar-refractivity contribution >= 4 is 0 Å². The van der Waals surface area contributed by atoms with E-state index in [4.69, 9.17) is 38.2 Å². The summed E-state index contributed by atoms with van der Waals surface area (Å²) in [5.74, 6) is 0.636. The number of hydrogen-bond acceptors (Lipinski definition) is 8. The van der Waals surface area contributed by atoms with Crippen molar-refractivity contribution in [2.24, 2.45) is 23.7 Å². The van der Waals surface area contributed by atoms with E-state index in [1.807, 2.05) is 6.92 Å². The SMILES string of the molecule is COCCOCCOCCO[C@H]1O[C@@H]2O[C@]3(C)CC[C@H]4[C@H](C)CC[C@@H]([C@H]1C)[C@@]24OO3. The van der Waals surface area contributed by atoms with Gasteiger partial charge in [0, 0.05) is 25.4 Å². The average molecular weight is 431 g/mol. The first-order chi connectivity index (χ1) is 14.5. The predicted molar refractivity (Wildman–Crippen MR) is 106 cm³/mol.